The molecule has 1 N–H and O–H groups in total. The zero-order valence-electron chi connectivity index (χ0n) is 8.86. The van der Waals surface area contributed by atoms with E-state index >= 15 is 0 Å². The quantitative estimate of drug-likeness (QED) is 0.896. The molecule has 82 valence electrons. The Kier molecular flexibility index (Phi) is 2.19. The van der Waals surface area contributed by atoms with E-state index in [2.05, 4.69) is 21.0 Å². The molecule has 0 bridgehead atoms. The number of halogens is 1. The van der Waals surface area contributed by atoms with Gasteiger partial charge in [-0.15, -0.1) is 0 Å². The van der Waals surface area contributed by atoms with Crippen molar-refractivity contribution in [3.63, 3.8) is 0 Å². The second kappa shape index (κ2) is 3.07. The van der Waals surface area contributed by atoms with Crippen molar-refractivity contribution in [3.8, 4) is 0 Å². The number of hydrogen-bond acceptors (Lipinski definition) is 2. The first kappa shape index (κ1) is 10.7. The van der Waals surface area contributed by atoms with E-state index in [0.717, 1.165) is 10.3 Å². The van der Waals surface area contributed by atoms with Gasteiger partial charge in [0.05, 0.1) is 5.92 Å². The number of aliphatic carboxylic acids is 1. The standard InChI is InChI=1S/C10H13BrN2O2/c1-10(2)7(8(10)9(14)15)5-4-6(11)12-13(5)3/h4,7-8H,1-3H3,(H,14,15). The lowest BCUT2D eigenvalue weighted by molar-refractivity contribution is -0.139. The fourth-order valence-electron chi connectivity index (χ4n) is 2.39. The number of carboxylic acids is 1. The Balaban J connectivity index is 2.35. The number of rotatable bonds is 2. The normalized spacial score (nSPS) is 27.7. The summed E-state index contributed by atoms with van der Waals surface area (Å²) in [6, 6.07) is 1.90. The molecular weight excluding hydrogens is 260 g/mol. The monoisotopic (exact) mass is 272 g/mol. The van der Waals surface area contributed by atoms with E-state index in [1.807, 2.05) is 27.0 Å². The predicted molar refractivity (Wildman–Crippen MR) is 58.6 cm³/mol. The van der Waals surface area contributed by atoms with Crippen molar-refractivity contribution in [2.45, 2.75) is 19.8 Å². The van der Waals surface area contributed by atoms with E-state index < -0.39 is 5.97 Å². The highest BCUT2D eigenvalue weighted by molar-refractivity contribution is 9.10. The molecule has 15 heavy (non-hydrogen) atoms. The van der Waals surface area contributed by atoms with Crippen LogP contribution >= 0.6 is 15.9 Å². The van der Waals surface area contributed by atoms with E-state index in [9.17, 15) is 4.79 Å². The van der Waals surface area contributed by atoms with Crippen LogP contribution in [0.4, 0.5) is 0 Å². The minimum absolute atomic E-state index is 0.0683. The number of carboxylic acid groups (broad SMARTS) is 1. The van der Waals surface area contributed by atoms with Gasteiger partial charge in [-0.1, -0.05) is 13.8 Å². The Labute approximate surface area is 96.4 Å². The molecule has 2 unspecified atom stereocenters. The van der Waals surface area contributed by atoms with Gasteiger partial charge in [0.15, 0.2) is 0 Å². The third-order valence-corrected chi connectivity index (χ3v) is 3.69. The van der Waals surface area contributed by atoms with Crippen LogP contribution in [0.5, 0.6) is 0 Å². The first-order valence-corrected chi connectivity index (χ1v) is 5.57. The lowest BCUT2D eigenvalue weighted by Gasteiger charge is -2.01. The molecule has 2 atom stereocenters. The summed E-state index contributed by atoms with van der Waals surface area (Å²) in [5.74, 6) is -0.944. The maximum atomic E-state index is 11.0. The molecule has 5 heteroatoms. The summed E-state index contributed by atoms with van der Waals surface area (Å²) in [7, 11) is 1.84. The smallest absolute Gasteiger partial charge is 0.307 e. The van der Waals surface area contributed by atoms with Crippen molar-refractivity contribution in [2.24, 2.45) is 18.4 Å². The van der Waals surface area contributed by atoms with Crippen LogP contribution in [0.3, 0.4) is 0 Å². The average molecular weight is 273 g/mol. The molecular formula is C10H13BrN2O2. The molecule has 1 aromatic heterocycles. The van der Waals surface area contributed by atoms with Gasteiger partial charge in [-0.3, -0.25) is 9.48 Å². The SMILES string of the molecule is Cn1nc(Br)cc1C1C(C(=O)O)C1(C)C. The zero-order valence-corrected chi connectivity index (χ0v) is 10.4. The first-order valence-electron chi connectivity index (χ1n) is 4.78. The minimum atomic E-state index is -0.720. The molecule has 0 radical (unpaired) electrons. The van der Waals surface area contributed by atoms with Crippen LogP contribution in [0.1, 0.15) is 25.5 Å². The summed E-state index contributed by atoms with van der Waals surface area (Å²) in [4.78, 5) is 11.0. The second-order valence-corrected chi connectivity index (χ2v) is 5.44. The number of aromatic nitrogens is 2. The second-order valence-electron chi connectivity index (χ2n) is 4.63. The van der Waals surface area contributed by atoms with Gasteiger partial charge in [0, 0.05) is 18.7 Å². The number of aryl methyl sites for hydroxylation is 1. The Hall–Kier alpha value is -0.840. The van der Waals surface area contributed by atoms with Crippen LogP contribution in [0.15, 0.2) is 10.7 Å². The molecule has 0 aromatic carbocycles. The maximum Gasteiger partial charge on any atom is 0.307 e. The van der Waals surface area contributed by atoms with Crippen molar-refractivity contribution in [1.82, 2.24) is 9.78 Å². The average Bonchev–Trinajstić information content (AvgIpc) is 2.48. The van der Waals surface area contributed by atoms with Crippen LogP contribution in [0, 0.1) is 11.3 Å². The van der Waals surface area contributed by atoms with Crippen LogP contribution in [0.2, 0.25) is 0 Å². The highest BCUT2D eigenvalue weighted by atomic mass is 79.9. The third-order valence-electron chi connectivity index (χ3n) is 3.30. The van der Waals surface area contributed by atoms with Crippen molar-refractivity contribution < 1.29 is 9.90 Å². The van der Waals surface area contributed by atoms with Gasteiger partial charge in [-0.05, 0) is 27.4 Å². The molecule has 1 aliphatic carbocycles. The van der Waals surface area contributed by atoms with Crippen molar-refractivity contribution in [3.05, 3.63) is 16.4 Å². The third kappa shape index (κ3) is 1.49. The maximum absolute atomic E-state index is 11.0. The van der Waals surface area contributed by atoms with Crippen molar-refractivity contribution in [1.29, 1.82) is 0 Å². The summed E-state index contributed by atoms with van der Waals surface area (Å²) in [6.07, 6.45) is 0. The molecule has 0 spiro atoms. The summed E-state index contributed by atoms with van der Waals surface area (Å²) >= 11 is 3.29. The van der Waals surface area contributed by atoms with Gasteiger partial charge in [-0.25, -0.2) is 0 Å². The largest absolute Gasteiger partial charge is 0.481 e. The van der Waals surface area contributed by atoms with Crippen molar-refractivity contribution in [2.75, 3.05) is 0 Å². The molecule has 0 aliphatic heterocycles. The molecule has 2 rings (SSSR count). The summed E-state index contributed by atoms with van der Waals surface area (Å²) in [5, 5.41) is 13.2. The first-order chi connectivity index (χ1) is 6.85. The van der Waals surface area contributed by atoms with E-state index in [4.69, 9.17) is 5.11 Å². The lowest BCUT2D eigenvalue weighted by Crippen LogP contribution is -2.03. The van der Waals surface area contributed by atoms with Crippen LogP contribution < -0.4 is 0 Å². The molecule has 1 saturated carbocycles. The number of carbonyl (C=O) groups is 1. The zero-order chi connectivity index (χ0) is 11.4. The highest BCUT2D eigenvalue weighted by Crippen LogP contribution is 2.64. The Morgan fingerprint density at radius 3 is 2.60 bits per heavy atom. The molecule has 1 aliphatic rings. The molecule has 1 aromatic rings. The van der Waals surface area contributed by atoms with Crippen LogP contribution in [-0.2, 0) is 11.8 Å². The number of hydrogen-bond donors (Lipinski definition) is 1. The van der Waals surface area contributed by atoms with E-state index in [1.165, 1.54) is 0 Å². The molecule has 4 nitrogen and oxygen atoms in total. The predicted octanol–water partition coefficient (Wildman–Crippen LogP) is 2.01. The summed E-state index contributed by atoms with van der Waals surface area (Å²) in [6.45, 7) is 3.97. The van der Waals surface area contributed by atoms with E-state index in [0.29, 0.717) is 0 Å². The van der Waals surface area contributed by atoms with Gasteiger partial charge in [0.25, 0.3) is 0 Å². The number of nitrogens with zero attached hydrogens (tertiary/aromatic N) is 2. The van der Waals surface area contributed by atoms with Gasteiger partial charge in [0.1, 0.15) is 4.60 Å². The summed E-state index contributed by atoms with van der Waals surface area (Å²) < 4.78 is 2.51. The fraction of sp³-hybridized carbons (Fsp3) is 0.600. The lowest BCUT2D eigenvalue weighted by atomic mass is 10.1. The Bertz CT molecular complexity index is 425. The fourth-order valence-corrected chi connectivity index (χ4v) is 2.86. The minimum Gasteiger partial charge on any atom is -0.481 e. The Morgan fingerprint density at radius 1 is 1.67 bits per heavy atom. The van der Waals surface area contributed by atoms with Crippen LogP contribution in [-0.4, -0.2) is 20.9 Å². The highest BCUT2D eigenvalue weighted by Gasteiger charge is 2.63. The van der Waals surface area contributed by atoms with Gasteiger partial charge in [-0.2, -0.15) is 5.10 Å². The van der Waals surface area contributed by atoms with Gasteiger partial charge >= 0.3 is 5.97 Å². The molecule has 1 fully saturated rings. The molecule has 1 heterocycles. The van der Waals surface area contributed by atoms with E-state index in [-0.39, 0.29) is 17.3 Å². The van der Waals surface area contributed by atoms with Crippen molar-refractivity contribution >= 4 is 21.9 Å². The van der Waals surface area contributed by atoms with E-state index in [1.54, 1.807) is 4.68 Å². The summed E-state index contributed by atoms with van der Waals surface area (Å²) in [5.41, 5.74) is 0.818. The van der Waals surface area contributed by atoms with Crippen LogP contribution in [0.25, 0.3) is 0 Å². The Morgan fingerprint density at radius 2 is 2.27 bits per heavy atom. The molecule has 0 saturated heterocycles. The topological polar surface area (TPSA) is 55.1 Å². The molecule has 0 amide bonds. The van der Waals surface area contributed by atoms with Gasteiger partial charge in [0.2, 0.25) is 0 Å². The van der Waals surface area contributed by atoms with Gasteiger partial charge < -0.3 is 5.11 Å².